The lowest BCUT2D eigenvalue weighted by molar-refractivity contribution is -0.151. The molecule has 4 N–H and O–H groups in total. The molecule has 2 aliphatic rings. The van der Waals surface area contributed by atoms with Crippen LogP contribution in [-0.4, -0.2) is 127 Å². The quantitative estimate of drug-likeness (QED) is 0.167. The number of amides is 2. The molecule has 0 aromatic carbocycles. The Hall–Kier alpha value is -4.15. The highest BCUT2D eigenvalue weighted by molar-refractivity contribution is 6.01. The molecule has 1 aromatic rings. The van der Waals surface area contributed by atoms with E-state index in [4.69, 9.17) is 9.47 Å². The van der Waals surface area contributed by atoms with E-state index in [1.54, 1.807) is 0 Å². The van der Waals surface area contributed by atoms with Gasteiger partial charge in [0.15, 0.2) is 0 Å². The van der Waals surface area contributed by atoms with Crippen LogP contribution in [0.3, 0.4) is 0 Å². The number of carboxylic acids is 4. The summed E-state index contributed by atoms with van der Waals surface area (Å²) in [5.74, 6) is -5.49. The molecule has 0 aliphatic carbocycles. The molecule has 42 heavy (non-hydrogen) atoms. The van der Waals surface area contributed by atoms with E-state index >= 15 is 0 Å². The summed E-state index contributed by atoms with van der Waals surface area (Å²) < 4.78 is 11.4. The second-order valence-electron chi connectivity index (χ2n) is 9.88. The lowest BCUT2D eigenvalue weighted by Gasteiger charge is -2.31. The second kappa shape index (κ2) is 15.2. The van der Waals surface area contributed by atoms with Crippen molar-refractivity contribution in [3.63, 3.8) is 0 Å². The molecule has 1 saturated heterocycles. The van der Waals surface area contributed by atoms with Crippen LogP contribution in [0.15, 0.2) is 12.1 Å². The highest BCUT2D eigenvalue weighted by atomic mass is 16.5. The first kappa shape index (κ1) is 32.4. The van der Waals surface area contributed by atoms with Gasteiger partial charge >= 0.3 is 23.9 Å². The molecule has 2 aliphatic heterocycles. The number of hydrogen-bond acceptors (Lipinski definition) is 11. The second-order valence-corrected chi connectivity index (χ2v) is 9.88. The van der Waals surface area contributed by atoms with Gasteiger partial charge in [0.25, 0.3) is 0 Å². The predicted octanol–water partition coefficient (Wildman–Crippen LogP) is -0.510. The number of pyridine rings is 1. The monoisotopic (exact) mass is 594 g/mol. The number of carbonyl (C=O) groups is 6. The number of fused-ring (bicyclic) bond motifs is 2. The Morgan fingerprint density at radius 2 is 1.31 bits per heavy atom. The molecule has 3 heterocycles. The van der Waals surface area contributed by atoms with Gasteiger partial charge in [-0.15, -0.1) is 0 Å². The van der Waals surface area contributed by atoms with E-state index in [9.17, 15) is 49.2 Å². The maximum absolute atomic E-state index is 11.9. The average Bonchev–Trinajstić information content (AvgIpc) is 3.22. The van der Waals surface area contributed by atoms with E-state index in [-0.39, 0.29) is 82.9 Å². The maximum Gasteiger partial charge on any atom is 0.321 e. The van der Waals surface area contributed by atoms with Crippen LogP contribution in [0.5, 0.6) is 5.75 Å². The van der Waals surface area contributed by atoms with Crippen LogP contribution in [0, 0.1) is 0 Å². The third-order valence-electron chi connectivity index (χ3n) is 6.82. The standard InChI is InChI=1S/C26H34N4O12/c31-21-2-3-22(32)30(21)4-1-7-42-18-10-16-14-28(19(25(37)38)12-23(33)34)5-8-41-9-6-29(15-17(11-18)27-16)20(26(39)40)13-24(35)36/h10-11,19-20H,1-9,12-15H2,(H,33,34)(H,35,36)(H,37,38)(H,39,40). The van der Waals surface area contributed by atoms with Crippen molar-refractivity contribution < 1.29 is 58.7 Å². The molecule has 2 bridgehead atoms. The zero-order valence-corrected chi connectivity index (χ0v) is 22.8. The van der Waals surface area contributed by atoms with Crippen LogP contribution >= 0.6 is 0 Å². The number of carboxylic acid groups (broad SMARTS) is 4. The molecule has 2 atom stereocenters. The minimum absolute atomic E-state index is 0.00903. The molecule has 0 radical (unpaired) electrons. The van der Waals surface area contributed by atoms with Crippen LogP contribution < -0.4 is 4.74 Å². The van der Waals surface area contributed by atoms with Gasteiger partial charge in [-0.2, -0.15) is 0 Å². The summed E-state index contributed by atoms with van der Waals surface area (Å²) in [6.07, 6.45) is -0.662. The normalized spacial score (nSPS) is 18.5. The van der Waals surface area contributed by atoms with E-state index in [2.05, 4.69) is 4.98 Å². The number of carbonyl (C=O) groups excluding carboxylic acids is 2. The fraction of sp³-hybridized carbons (Fsp3) is 0.577. The Morgan fingerprint density at radius 3 is 1.74 bits per heavy atom. The van der Waals surface area contributed by atoms with Crippen molar-refractivity contribution in [3.05, 3.63) is 23.5 Å². The van der Waals surface area contributed by atoms with E-state index in [0.717, 1.165) is 0 Å². The smallest absolute Gasteiger partial charge is 0.321 e. The molecule has 230 valence electrons. The molecule has 2 unspecified atom stereocenters. The number of ether oxygens (including phenoxy) is 2. The van der Waals surface area contributed by atoms with Crippen molar-refractivity contribution in [2.45, 2.75) is 57.3 Å². The summed E-state index contributed by atoms with van der Waals surface area (Å²) in [4.78, 5) is 78.9. The Balaban J connectivity index is 1.89. The molecule has 2 amide bonds. The number of likely N-dealkylation sites (tertiary alicyclic amines) is 1. The Labute approximate surface area is 240 Å². The van der Waals surface area contributed by atoms with Gasteiger partial charge < -0.3 is 29.9 Å². The summed E-state index contributed by atoms with van der Waals surface area (Å²) in [6, 6.07) is 0.293. The largest absolute Gasteiger partial charge is 0.493 e. The van der Waals surface area contributed by atoms with Crippen LogP contribution in [0.2, 0.25) is 0 Å². The fourth-order valence-electron chi connectivity index (χ4n) is 4.80. The Kier molecular flexibility index (Phi) is 11.7. The lowest BCUT2D eigenvalue weighted by Crippen LogP contribution is -2.46. The summed E-state index contributed by atoms with van der Waals surface area (Å²) in [5, 5.41) is 38.0. The number of aromatic nitrogens is 1. The third-order valence-corrected chi connectivity index (χ3v) is 6.82. The first-order valence-electron chi connectivity index (χ1n) is 13.4. The molecule has 1 fully saturated rings. The average molecular weight is 595 g/mol. The van der Waals surface area contributed by atoms with Gasteiger partial charge in [-0.3, -0.25) is 48.5 Å². The number of imide groups is 1. The van der Waals surface area contributed by atoms with Crippen molar-refractivity contribution in [2.75, 3.05) is 39.5 Å². The molecule has 0 spiro atoms. The fourth-order valence-corrected chi connectivity index (χ4v) is 4.80. The summed E-state index contributed by atoms with van der Waals surface area (Å²) in [6.45, 7) is 0.0844. The Bertz CT molecular complexity index is 1110. The van der Waals surface area contributed by atoms with Gasteiger partial charge in [-0.25, -0.2) is 0 Å². The van der Waals surface area contributed by atoms with Crippen LogP contribution in [-0.2, 0) is 46.6 Å². The third kappa shape index (κ3) is 9.46. The molecule has 1 aromatic heterocycles. The summed E-state index contributed by atoms with van der Waals surface area (Å²) in [5.41, 5.74) is 0.601. The summed E-state index contributed by atoms with van der Waals surface area (Å²) in [7, 11) is 0. The van der Waals surface area contributed by atoms with Crippen molar-refractivity contribution >= 4 is 35.7 Å². The number of aliphatic carboxylic acids is 4. The van der Waals surface area contributed by atoms with Gasteiger partial charge in [0.05, 0.1) is 44.1 Å². The van der Waals surface area contributed by atoms with Gasteiger partial charge in [0, 0.05) is 57.7 Å². The zero-order chi connectivity index (χ0) is 30.8. The zero-order valence-electron chi connectivity index (χ0n) is 22.8. The minimum Gasteiger partial charge on any atom is -0.493 e. The maximum atomic E-state index is 11.9. The van der Waals surface area contributed by atoms with E-state index in [1.807, 2.05) is 0 Å². The molecular formula is C26H34N4O12. The SMILES string of the molecule is O=C(O)CC(C(=O)O)N1CCOCCN(C(CC(=O)O)C(=O)O)Cc2cc(OCCCN3C(=O)CCC3=O)cc(n2)C1. The van der Waals surface area contributed by atoms with Crippen LogP contribution in [0.1, 0.15) is 43.5 Å². The molecular weight excluding hydrogens is 560 g/mol. The number of nitrogens with zero attached hydrogens (tertiary/aromatic N) is 4. The van der Waals surface area contributed by atoms with Crippen molar-refractivity contribution in [3.8, 4) is 5.75 Å². The van der Waals surface area contributed by atoms with Crippen LogP contribution in [0.25, 0.3) is 0 Å². The number of rotatable bonds is 13. The van der Waals surface area contributed by atoms with Crippen molar-refractivity contribution in [1.82, 2.24) is 19.7 Å². The number of hydrogen-bond donors (Lipinski definition) is 4. The van der Waals surface area contributed by atoms with Crippen molar-refractivity contribution in [2.24, 2.45) is 0 Å². The molecule has 16 heteroatoms. The van der Waals surface area contributed by atoms with Gasteiger partial charge in [0.2, 0.25) is 11.8 Å². The molecule has 16 nitrogen and oxygen atoms in total. The van der Waals surface area contributed by atoms with Gasteiger partial charge in [-0.05, 0) is 6.42 Å². The van der Waals surface area contributed by atoms with E-state index in [1.165, 1.54) is 26.8 Å². The van der Waals surface area contributed by atoms with E-state index < -0.39 is 48.8 Å². The Morgan fingerprint density at radius 1 is 0.833 bits per heavy atom. The highest BCUT2D eigenvalue weighted by Gasteiger charge is 2.32. The molecule has 0 saturated carbocycles. The lowest BCUT2D eigenvalue weighted by atomic mass is 10.1. The first-order valence-corrected chi connectivity index (χ1v) is 13.4. The minimum atomic E-state index is -1.39. The summed E-state index contributed by atoms with van der Waals surface area (Å²) >= 11 is 0. The first-order chi connectivity index (χ1) is 19.9. The predicted molar refractivity (Wildman–Crippen MR) is 139 cm³/mol. The van der Waals surface area contributed by atoms with Crippen molar-refractivity contribution in [1.29, 1.82) is 0 Å². The molecule has 3 rings (SSSR count). The highest BCUT2D eigenvalue weighted by Crippen LogP contribution is 2.21. The van der Waals surface area contributed by atoms with Gasteiger partial charge in [-0.1, -0.05) is 0 Å². The topological polar surface area (TPSA) is 224 Å². The van der Waals surface area contributed by atoms with Gasteiger partial charge in [0.1, 0.15) is 17.8 Å². The van der Waals surface area contributed by atoms with Crippen LogP contribution in [0.4, 0.5) is 0 Å². The van der Waals surface area contributed by atoms with E-state index in [0.29, 0.717) is 17.8 Å².